The lowest BCUT2D eigenvalue weighted by Gasteiger charge is -2.20. The van der Waals surface area contributed by atoms with Crippen molar-refractivity contribution in [2.45, 2.75) is 373 Å². The lowest BCUT2D eigenvalue weighted by molar-refractivity contribution is -0.143. The number of unbranched alkanes of at least 4 members (excludes halogenated alkanes) is 47. The average molecular weight is 1040 g/mol. The SMILES string of the molecule is CCCCCCCCCCCCCCCCCCCCC/C=C/C(O)C(CO)NC(=O)CCCCCCCCCCCCCCCC/C=C\C/C=C\CCOC(=O)CCCCCCCCCCCCCCCCC. The molecule has 0 aliphatic heterocycles. The predicted octanol–water partition coefficient (Wildman–Crippen LogP) is 21.1. The predicted molar refractivity (Wildman–Crippen MR) is 324 cm³/mol. The summed E-state index contributed by atoms with van der Waals surface area (Å²) < 4.78 is 5.43. The fourth-order valence-electron chi connectivity index (χ4n) is 10.4. The first kappa shape index (κ1) is 72.1. The normalized spacial score (nSPS) is 12.8. The van der Waals surface area contributed by atoms with Gasteiger partial charge in [0.1, 0.15) is 0 Å². The number of aliphatic hydroxyl groups is 2. The number of aliphatic hydroxyl groups excluding tert-OH is 2. The van der Waals surface area contributed by atoms with Gasteiger partial charge in [0, 0.05) is 12.8 Å². The molecule has 0 aromatic rings. The number of nitrogens with one attached hydrogen (secondary N) is 1. The van der Waals surface area contributed by atoms with Crippen molar-refractivity contribution in [2.75, 3.05) is 13.2 Å². The van der Waals surface area contributed by atoms with Crippen LogP contribution in [0, 0.1) is 0 Å². The molecular formula is C68H129NO5. The van der Waals surface area contributed by atoms with Crippen LogP contribution in [0.1, 0.15) is 361 Å². The van der Waals surface area contributed by atoms with Gasteiger partial charge in [-0.3, -0.25) is 9.59 Å². The van der Waals surface area contributed by atoms with Gasteiger partial charge in [-0.2, -0.15) is 0 Å². The molecule has 0 bridgehead atoms. The van der Waals surface area contributed by atoms with Crippen LogP contribution in [-0.2, 0) is 14.3 Å². The Labute approximate surface area is 462 Å². The molecule has 0 spiro atoms. The minimum atomic E-state index is -0.849. The van der Waals surface area contributed by atoms with Crippen molar-refractivity contribution in [1.82, 2.24) is 5.32 Å². The van der Waals surface area contributed by atoms with Gasteiger partial charge in [-0.1, -0.05) is 333 Å². The average Bonchev–Trinajstić information content (AvgIpc) is 3.40. The lowest BCUT2D eigenvalue weighted by Crippen LogP contribution is -2.45. The highest BCUT2D eigenvalue weighted by Crippen LogP contribution is 2.18. The molecule has 0 rings (SSSR count). The molecule has 0 aliphatic carbocycles. The van der Waals surface area contributed by atoms with Crippen molar-refractivity contribution in [1.29, 1.82) is 0 Å². The number of esters is 1. The monoisotopic (exact) mass is 1040 g/mol. The Bertz CT molecular complexity index is 1200. The quantitative estimate of drug-likeness (QED) is 0.0320. The molecule has 0 saturated carbocycles. The van der Waals surface area contributed by atoms with Crippen LogP contribution in [0.4, 0.5) is 0 Å². The highest BCUT2D eigenvalue weighted by atomic mass is 16.5. The smallest absolute Gasteiger partial charge is 0.305 e. The summed E-state index contributed by atoms with van der Waals surface area (Å²) in [6.45, 7) is 4.83. The molecule has 2 unspecified atom stereocenters. The van der Waals surface area contributed by atoms with Crippen molar-refractivity contribution < 1.29 is 24.5 Å². The maximum atomic E-state index is 12.5. The third kappa shape index (κ3) is 59.3. The summed E-state index contributed by atoms with van der Waals surface area (Å²) in [4.78, 5) is 24.5. The standard InChI is InChI=1S/C68H129NO5/c1-3-5-7-9-11-13-15-17-19-20-21-23-26-29-33-36-40-44-48-52-56-60-66(71)65(64-70)69-67(72)61-57-53-49-45-41-37-34-30-27-24-22-25-28-31-35-39-43-47-51-55-59-63-74-68(73)62-58-54-50-46-42-38-32-18-16-14-12-10-8-6-4-2/h39,43,51,55-56,60,65-66,70-71H,3-38,40-42,44-50,52-54,57-59,61-64H2,1-2H3,(H,69,72)/b43-39-,55-51-,60-56+. The molecule has 0 saturated heterocycles. The Hall–Kier alpha value is -1.92. The van der Waals surface area contributed by atoms with Crippen LogP contribution < -0.4 is 5.32 Å². The summed E-state index contributed by atoms with van der Waals surface area (Å²) in [6.07, 6.45) is 80.7. The fraction of sp³-hybridized carbons (Fsp3) is 0.882. The topological polar surface area (TPSA) is 95.9 Å². The molecule has 3 N–H and O–H groups in total. The third-order valence-electron chi connectivity index (χ3n) is 15.4. The van der Waals surface area contributed by atoms with E-state index in [1.54, 1.807) is 6.08 Å². The number of rotatable bonds is 62. The number of carbonyl (C=O) groups is 2. The van der Waals surface area contributed by atoms with Gasteiger partial charge in [0.05, 0.1) is 25.4 Å². The van der Waals surface area contributed by atoms with Crippen LogP contribution in [0.25, 0.3) is 0 Å². The number of carbonyl (C=O) groups excluding carboxylic acids is 2. The van der Waals surface area contributed by atoms with Gasteiger partial charge in [0.2, 0.25) is 5.91 Å². The van der Waals surface area contributed by atoms with Crippen LogP contribution in [0.15, 0.2) is 36.5 Å². The minimum Gasteiger partial charge on any atom is -0.465 e. The summed E-state index contributed by atoms with van der Waals surface area (Å²) in [5.74, 6) is -0.102. The molecule has 0 aromatic heterocycles. The Morgan fingerprint density at radius 2 is 0.676 bits per heavy atom. The number of allylic oxidation sites excluding steroid dienone is 4. The van der Waals surface area contributed by atoms with Crippen LogP contribution >= 0.6 is 0 Å². The van der Waals surface area contributed by atoms with E-state index in [1.807, 2.05) is 6.08 Å². The van der Waals surface area contributed by atoms with Gasteiger partial charge in [-0.15, -0.1) is 0 Å². The molecule has 0 heterocycles. The number of hydrogen-bond donors (Lipinski definition) is 3. The van der Waals surface area contributed by atoms with Gasteiger partial charge in [0.15, 0.2) is 0 Å². The summed E-state index contributed by atoms with van der Waals surface area (Å²) in [6, 6.07) is -0.633. The second-order valence-corrected chi connectivity index (χ2v) is 22.8. The van der Waals surface area contributed by atoms with E-state index in [-0.39, 0.29) is 18.5 Å². The molecule has 6 nitrogen and oxygen atoms in total. The first-order valence-electron chi connectivity index (χ1n) is 33.3. The maximum absolute atomic E-state index is 12.5. The molecule has 1 amide bonds. The van der Waals surface area contributed by atoms with Gasteiger partial charge < -0.3 is 20.3 Å². The summed E-state index contributed by atoms with van der Waals surface area (Å²) in [5, 5.41) is 23.2. The Morgan fingerprint density at radius 1 is 0.378 bits per heavy atom. The van der Waals surface area contributed by atoms with E-state index in [0.29, 0.717) is 19.4 Å². The van der Waals surface area contributed by atoms with E-state index in [1.165, 1.54) is 283 Å². The molecule has 0 radical (unpaired) electrons. The lowest BCUT2D eigenvalue weighted by atomic mass is 10.0. The van der Waals surface area contributed by atoms with Crippen molar-refractivity contribution in [2.24, 2.45) is 0 Å². The van der Waals surface area contributed by atoms with Crippen LogP contribution in [-0.4, -0.2) is 47.4 Å². The zero-order chi connectivity index (χ0) is 53.6. The molecule has 74 heavy (non-hydrogen) atoms. The molecule has 0 aliphatic rings. The van der Waals surface area contributed by atoms with Crippen molar-refractivity contribution in [3.63, 3.8) is 0 Å². The van der Waals surface area contributed by atoms with E-state index in [4.69, 9.17) is 4.74 Å². The first-order valence-corrected chi connectivity index (χ1v) is 33.3. The number of amides is 1. The zero-order valence-electron chi connectivity index (χ0n) is 49.8. The van der Waals surface area contributed by atoms with E-state index >= 15 is 0 Å². The van der Waals surface area contributed by atoms with Crippen LogP contribution in [0.2, 0.25) is 0 Å². The Kier molecular flexibility index (Phi) is 62.0. The molecule has 0 aromatic carbocycles. The molecule has 0 fully saturated rings. The van der Waals surface area contributed by atoms with E-state index in [2.05, 4.69) is 43.5 Å². The zero-order valence-corrected chi connectivity index (χ0v) is 49.8. The Balaban J connectivity index is 3.47. The van der Waals surface area contributed by atoms with Gasteiger partial charge >= 0.3 is 5.97 Å². The maximum Gasteiger partial charge on any atom is 0.305 e. The van der Waals surface area contributed by atoms with E-state index in [9.17, 15) is 19.8 Å². The summed E-state index contributed by atoms with van der Waals surface area (Å²) in [7, 11) is 0. The largest absolute Gasteiger partial charge is 0.465 e. The highest BCUT2D eigenvalue weighted by Gasteiger charge is 2.18. The second kappa shape index (κ2) is 63.6. The molecule has 2 atom stereocenters. The molecule has 436 valence electrons. The van der Waals surface area contributed by atoms with Crippen molar-refractivity contribution >= 4 is 11.9 Å². The summed E-state index contributed by atoms with van der Waals surface area (Å²) >= 11 is 0. The molecule has 6 heteroatoms. The van der Waals surface area contributed by atoms with Crippen LogP contribution in [0.5, 0.6) is 0 Å². The fourth-order valence-corrected chi connectivity index (χ4v) is 10.4. The Morgan fingerprint density at radius 3 is 1.03 bits per heavy atom. The van der Waals surface area contributed by atoms with Gasteiger partial charge in [0.25, 0.3) is 0 Å². The van der Waals surface area contributed by atoms with Crippen molar-refractivity contribution in [3.05, 3.63) is 36.5 Å². The van der Waals surface area contributed by atoms with Crippen molar-refractivity contribution in [3.8, 4) is 0 Å². The second-order valence-electron chi connectivity index (χ2n) is 22.8. The highest BCUT2D eigenvalue weighted by molar-refractivity contribution is 5.76. The number of ether oxygens (including phenoxy) is 1. The summed E-state index contributed by atoms with van der Waals surface area (Å²) in [5.41, 5.74) is 0. The van der Waals surface area contributed by atoms with E-state index < -0.39 is 12.1 Å². The first-order chi connectivity index (χ1) is 36.5. The number of hydrogen-bond acceptors (Lipinski definition) is 5. The third-order valence-corrected chi connectivity index (χ3v) is 15.4. The van der Waals surface area contributed by atoms with Gasteiger partial charge in [-0.05, 0) is 51.4 Å². The van der Waals surface area contributed by atoms with E-state index in [0.717, 1.165) is 51.4 Å². The molecular weight excluding hydrogens is 911 g/mol. The minimum absolute atomic E-state index is 0.0325. The van der Waals surface area contributed by atoms with Crippen LogP contribution in [0.3, 0.4) is 0 Å². The van der Waals surface area contributed by atoms with Gasteiger partial charge in [-0.25, -0.2) is 0 Å².